The topological polar surface area (TPSA) is 114 Å². The molecule has 2 aromatic heterocycles. The minimum absolute atomic E-state index is 0. The van der Waals surface area contributed by atoms with Gasteiger partial charge in [0.25, 0.3) is 5.91 Å². The zero-order valence-electron chi connectivity index (χ0n) is 36.4. The Bertz CT molecular complexity index is 2410. The first-order valence-corrected chi connectivity index (χ1v) is 22.6. The third-order valence-electron chi connectivity index (χ3n) is 12.8. The van der Waals surface area contributed by atoms with Crippen LogP contribution in [-0.4, -0.2) is 121 Å². The molecule has 1 amide bonds. The first-order chi connectivity index (χ1) is 31.1. The highest BCUT2D eigenvalue weighted by molar-refractivity contribution is 5.94. The number of rotatable bonds is 10. The van der Waals surface area contributed by atoms with E-state index in [0.29, 0.717) is 6.04 Å². The minimum atomic E-state index is 0. The van der Waals surface area contributed by atoms with Crippen LogP contribution in [0.15, 0.2) is 110 Å². The van der Waals surface area contributed by atoms with Crippen LogP contribution in [-0.2, 0) is 21.5 Å². The van der Waals surface area contributed by atoms with Crippen LogP contribution in [0.1, 0.15) is 81.6 Å². The van der Waals surface area contributed by atoms with Gasteiger partial charge in [-0.25, -0.2) is 15.2 Å². The van der Waals surface area contributed by atoms with E-state index in [-0.39, 0.29) is 19.9 Å². The molecule has 13 nitrogen and oxygen atoms in total. The molecular weight excluding hydrogens is 805 g/mol. The van der Waals surface area contributed by atoms with Crippen molar-refractivity contribution < 1.29 is 25.0 Å². The Kier molecular flexibility index (Phi) is 17.1. The van der Waals surface area contributed by atoms with Crippen molar-refractivity contribution in [2.75, 3.05) is 59.0 Å². The molecule has 10 rings (SSSR count). The molecule has 0 spiro atoms. The number of para-hydroxylation sites is 4. The fourth-order valence-corrected chi connectivity index (χ4v) is 9.49. The van der Waals surface area contributed by atoms with Crippen molar-refractivity contribution in [1.82, 2.24) is 38.7 Å². The standard InChI is InChI=1S/C23H26N4O.C23H28N4.C4H6O4.CH4/c28-23(26-15-12-20(16-26)25-13-4-1-5-14-25)18-8-10-19(11-9-18)27-17-24-21-6-2-3-7-22(21)27;1-4-13-26(14-5-1)21-12-15-25(17-21)16-19-8-10-20(11-9-19)27-18-24-22-6-2-3-7-23(22)27;1-2-3-4-6-8-7-5;/h2-3,6-11,17,20H,1,4-5,12-16H2;2-3,6-11,18,21H,1,4-5,12-17H2;5H,4H2,1H3;1H4/t20-;21-;;/m00../s1. The molecule has 4 saturated heterocycles. The molecule has 4 aliphatic rings. The second-order valence-corrected chi connectivity index (χ2v) is 16.8. The van der Waals surface area contributed by atoms with E-state index in [2.05, 4.69) is 109 Å². The van der Waals surface area contributed by atoms with Gasteiger partial charge in [0.2, 0.25) is 0 Å². The molecule has 13 heteroatoms. The SMILES string of the molecule is C.CC#CCOOOO.O=C(c1ccc(-n2cnc3ccccc32)cc1)N1CC[C@H](N2CCCCC2)C1.c1ccc2c(c1)ncn2-c1ccc(CN2CC[C@H](N3CCCCC3)C2)cc1. The first kappa shape index (κ1) is 46.6. The molecular formula is C51H64N8O5. The summed E-state index contributed by atoms with van der Waals surface area (Å²) in [5.74, 6) is 5.18. The smallest absolute Gasteiger partial charge is 0.253 e. The van der Waals surface area contributed by atoms with Crippen LogP contribution in [0.3, 0.4) is 0 Å². The van der Waals surface area contributed by atoms with E-state index in [1.807, 2.05) is 66.1 Å². The molecule has 4 aromatic carbocycles. The van der Waals surface area contributed by atoms with E-state index in [4.69, 9.17) is 5.26 Å². The molecule has 0 aliphatic carbocycles. The Morgan fingerprint density at radius 1 is 0.672 bits per heavy atom. The van der Waals surface area contributed by atoms with Crippen molar-refractivity contribution in [1.29, 1.82) is 0 Å². The van der Waals surface area contributed by atoms with E-state index in [9.17, 15) is 4.79 Å². The number of piperidine rings is 2. The number of imidazole rings is 2. The zero-order chi connectivity index (χ0) is 43.2. The summed E-state index contributed by atoms with van der Waals surface area (Å²) >= 11 is 0. The second kappa shape index (κ2) is 23.5. The Morgan fingerprint density at radius 3 is 1.77 bits per heavy atom. The van der Waals surface area contributed by atoms with Gasteiger partial charge in [-0.1, -0.05) is 62.6 Å². The molecule has 338 valence electrons. The number of carbonyl (C=O) groups excluding carboxylic acids is 1. The maximum absolute atomic E-state index is 13.0. The van der Waals surface area contributed by atoms with Gasteiger partial charge >= 0.3 is 0 Å². The third-order valence-corrected chi connectivity index (χ3v) is 12.8. The minimum Gasteiger partial charge on any atom is -0.337 e. The van der Waals surface area contributed by atoms with Crippen LogP contribution in [0.5, 0.6) is 0 Å². The number of hydrogen-bond acceptors (Lipinski definition) is 10. The normalized spacial score (nSPS) is 19.2. The lowest BCUT2D eigenvalue weighted by Gasteiger charge is -2.32. The van der Waals surface area contributed by atoms with Gasteiger partial charge in [-0.2, -0.15) is 4.89 Å². The molecule has 4 aliphatic heterocycles. The van der Waals surface area contributed by atoms with E-state index in [1.165, 1.54) is 95.5 Å². The predicted molar refractivity (Wildman–Crippen MR) is 252 cm³/mol. The van der Waals surface area contributed by atoms with Gasteiger partial charge in [-0.05, 0) is 148 Å². The largest absolute Gasteiger partial charge is 0.337 e. The average molecular weight is 869 g/mol. The predicted octanol–water partition coefficient (Wildman–Crippen LogP) is 8.81. The summed E-state index contributed by atoms with van der Waals surface area (Å²) in [6.45, 7) is 12.0. The molecule has 6 heterocycles. The van der Waals surface area contributed by atoms with Crippen LogP contribution >= 0.6 is 0 Å². The van der Waals surface area contributed by atoms with Crippen molar-refractivity contribution in [3.63, 3.8) is 0 Å². The van der Waals surface area contributed by atoms with Crippen molar-refractivity contribution in [2.24, 2.45) is 0 Å². The molecule has 6 aromatic rings. The Balaban J connectivity index is 0.000000162. The zero-order valence-corrected chi connectivity index (χ0v) is 36.4. The second-order valence-electron chi connectivity index (χ2n) is 16.8. The Morgan fingerprint density at radius 2 is 1.20 bits per heavy atom. The summed E-state index contributed by atoms with van der Waals surface area (Å²) < 4.78 is 4.23. The number of nitrogens with zero attached hydrogens (tertiary/aromatic N) is 8. The molecule has 64 heavy (non-hydrogen) atoms. The highest BCUT2D eigenvalue weighted by Crippen LogP contribution is 2.25. The van der Waals surface area contributed by atoms with Gasteiger partial charge in [-0.3, -0.25) is 28.6 Å². The Labute approximate surface area is 377 Å². The van der Waals surface area contributed by atoms with Gasteiger partial charge in [0.15, 0.2) is 0 Å². The van der Waals surface area contributed by atoms with Gasteiger partial charge in [0.1, 0.15) is 19.3 Å². The van der Waals surface area contributed by atoms with Crippen molar-refractivity contribution >= 4 is 28.0 Å². The lowest BCUT2D eigenvalue weighted by Crippen LogP contribution is -2.41. The lowest BCUT2D eigenvalue weighted by molar-refractivity contribution is -0.620. The number of amides is 1. The van der Waals surface area contributed by atoms with Gasteiger partial charge in [0, 0.05) is 61.7 Å². The maximum atomic E-state index is 13.0. The van der Waals surface area contributed by atoms with E-state index >= 15 is 0 Å². The van der Waals surface area contributed by atoms with Crippen LogP contribution in [0.2, 0.25) is 0 Å². The molecule has 0 saturated carbocycles. The number of likely N-dealkylation sites (tertiary alicyclic amines) is 4. The quantitative estimate of drug-likeness (QED) is 0.0621. The summed E-state index contributed by atoms with van der Waals surface area (Å²) in [6, 6.07) is 34.6. The van der Waals surface area contributed by atoms with E-state index < -0.39 is 0 Å². The summed E-state index contributed by atoms with van der Waals surface area (Å²) in [7, 11) is 0. The lowest BCUT2D eigenvalue weighted by atomic mass is 10.1. The fourth-order valence-electron chi connectivity index (χ4n) is 9.49. The number of aromatic nitrogens is 4. The molecule has 0 unspecified atom stereocenters. The highest BCUT2D eigenvalue weighted by Gasteiger charge is 2.32. The van der Waals surface area contributed by atoms with Gasteiger partial charge in [-0.15, -0.1) is 5.92 Å². The van der Waals surface area contributed by atoms with Gasteiger partial charge in [0.05, 0.1) is 22.1 Å². The summed E-state index contributed by atoms with van der Waals surface area (Å²) in [5.41, 5.74) is 8.64. The van der Waals surface area contributed by atoms with E-state index in [1.54, 1.807) is 6.92 Å². The molecule has 2 atom stereocenters. The number of fused-ring (bicyclic) bond motifs is 2. The van der Waals surface area contributed by atoms with Crippen LogP contribution in [0, 0.1) is 11.8 Å². The fraction of sp³-hybridized carbons (Fsp3) is 0.431. The summed E-state index contributed by atoms with van der Waals surface area (Å²) in [5, 5.41) is 14.2. The van der Waals surface area contributed by atoms with Crippen molar-refractivity contribution in [2.45, 2.75) is 84.3 Å². The molecule has 0 radical (unpaired) electrons. The number of carbonyl (C=O) groups is 1. The third kappa shape index (κ3) is 11.8. The number of hydrogen-bond donors (Lipinski definition) is 1. The maximum Gasteiger partial charge on any atom is 0.253 e. The highest BCUT2D eigenvalue weighted by atomic mass is 17.6. The van der Waals surface area contributed by atoms with Crippen molar-refractivity contribution in [3.05, 3.63) is 121 Å². The number of benzene rings is 4. The monoisotopic (exact) mass is 868 g/mol. The summed E-state index contributed by atoms with van der Waals surface area (Å²) in [6.07, 6.45) is 14.3. The first-order valence-electron chi connectivity index (χ1n) is 22.6. The Hall–Kier alpha value is -5.43. The molecule has 0 bridgehead atoms. The van der Waals surface area contributed by atoms with Crippen molar-refractivity contribution in [3.8, 4) is 23.2 Å². The molecule has 4 fully saturated rings. The van der Waals surface area contributed by atoms with Gasteiger partial charge < -0.3 is 4.90 Å². The van der Waals surface area contributed by atoms with Crippen LogP contribution in [0.4, 0.5) is 0 Å². The summed E-state index contributed by atoms with van der Waals surface area (Å²) in [4.78, 5) is 36.0. The molecule has 1 N–H and O–H groups in total. The van der Waals surface area contributed by atoms with Crippen LogP contribution in [0.25, 0.3) is 33.4 Å². The van der Waals surface area contributed by atoms with Crippen LogP contribution < -0.4 is 0 Å². The van der Waals surface area contributed by atoms with E-state index in [0.717, 1.165) is 65.4 Å². The average Bonchev–Trinajstić information content (AvgIpc) is 4.19.